The molecule has 0 amide bonds. The summed E-state index contributed by atoms with van der Waals surface area (Å²) >= 11 is 0. The van der Waals surface area contributed by atoms with Crippen LogP contribution < -0.4 is 9.47 Å². The predicted octanol–water partition coefficient (Wildman–Crippen LogP) is 7.91. The Labute approximate surface area is 246 Å². The van der Waals surface area contributed by atoms with Gasteiger partial charge in [-0.1, -0.05) is 42.5 Å². The van der Waals surface area contributed by atoms with Gasteiger partial charge >= 0.3 is 12.1 Å². The lowest BCUT2D eigenvalue weighted by atomic mass is 9.98. The zero-order valence-electron chi connectivity index (χ0n) is 23.6. The molecule has 0 spiro atoms. The number of nitrogens with zero attached hydrogens (tertiary/aromatic N) is 3. The van der Waals surface area contributed by atoms with Crippen LogP contribution in [-0.4, -0.2) is 32.4 Å². The summed E-state index contributed by atoms with van der Waals surface area (Å²) in [5.74, 6) is -0.558. The lowest BCUT2D eigenvalue weighted by molar-refractivity contribution is -0.143. The summed E-state index contributed by atoms with van der Waals surface area (Å²) in [5, 5.41) is 12.9. The van der Waals surface area contributed by atoms with E-state index in [9.17, 15) is 23.1 Å². The van der Waals surface area contributed by atoms with Crippen LogP contribution in [0.4, 0.5) is 13.2 Å². The second-order valence-corrected chi connectivity index (χ2v) is 9.84. The van der Waals surface area contributed by atoms with Crippen molar-refractivity contribution in [3.63, 3.8) is 0 Å². The maximum atomic E-state index is 13.8. The molecular formula is C33H28F3N3O4. The predicted molar refractivity (Wildman–Crippen MR) is 156 cm³/mol. The van der Waals surface area contributed by atoms with E-state index in [1.54, 1.807) is 30.3 Å². The van der Waals surface area contributed by atoms with Crippen molar-refractivity contribution >= 4 is 5.97 Å². The highest BCUT2D eigenvalue weighted by Gasteiger charge is 2.41. The molecule has 0 saturated heterocycles. The number of ether oxygens (including phenoxy) is 2. The van der Waals surface area contributed by atoms with Crippen molar-refractivity contribution in [3.8, 4) is 39.7 Å². The van der Waals surface area contributed by atoms with Gasteiger partial charge in [-0.25, -0.2) is 14.5 Å². The monoisotopic (exact) mass is 587 g/mol. The van der Waals surface area contributed by atoms with Crippen LogP contribution in [0.5, 0.6) is 11.5 Å². The van der Waals surface area contributed by atoms with Crippen LogP contribution in [0.1, 0.15) is 39.7 Å². The first-order valence-corrected chi connectivity index (χ1v) is 13.5. The Hall–Kier alpha value is -5.12. The third-order valence-corrected chi connectivity index (χ3v) is 6.92. The van der Waals surface area contributed by atoms with Crippen LogP contribution in [0.15, 0.2) is 85.1 Å². The topological polar surface area (TPSA) is 86.5 Å². The average molecular weight is 588 g/mol. The smallest absolute Gasteiger partial charge is 0.434 e. The van der Waals surface area contributed by atoms with Crippen molar-refractivity contribution in [2.45, 2.75) is 33.6 Å². The number of aryl methyl sites for hydroxylation is 2. The highest BCUT2D eigenvalue weighted by atomic mass is 19.4. The number of hydrogen-bond acceptors (Lipinski definition) is 5. The number of aromatic carboxylic acids is 1. The van der Waals surface area contributed by atoms with Crippen molar-refractivity contribution in [2.24, 2.45) is 0 Å². The van der Waals surface area contributed by atoms with Crippen molar-refractivity contribution in [2.75, 3.05) is 6.61 Å². The van der Waals surface area contributed by atoms with E-state index < -0.39 is 23.4 Å². The van der Waals surface area contributed by atoms with Crippen LogP contribution in [0.25, 0.3) is 28.2 Å². The van der Waals surface area contributed by atoms with Gasteiger partial charge in [-0.05, 0) is 85.0 Å². The SMILES string of the molecule is CCOc1ccc(-c2ccc(COc3ccccc3-c3cccc(-n4ncc(C(=O)O)c4C(F)(F)F)n3)c(C)c2)cc1C. The number of aromatic nitrogens is 3. The van der Waals surface area contributed by atoms with Crippen molar-refractivity contribution in [1.29, 1.82) is 0 Å². The minimum absolute atomic E-state index is 0.178. The Morgan fingerprint density at radius 2 is 1.60 bits per heavy atom. The van der Waals surface area contributed by atoms with E-state index >= 15 is 0 Å². The quantitative estimate of drug-likeness (QED) is 0.189. The lowest BCUT2D eigenvalue weighted by Gasteiger charge is -2.15. The van der Waals surface area contributed by atoms with Gasteiger partial charge in [0.2, 0.25) is 0 Å². The van der Waals surface area contributed by atoms with Crippen LogP contribution in [-0.2, 0) is 12.8 Å². The summed E-state index contributed by atoms with van der Waals surface area (Å²) in [6.07, 6.45) is -4.29. The molecule has 10 heteroatoms. The van der Waals surface area contributed by atoms with Gasteiger partial charge in [-0.2, -0.15) is 18.3 Å². The second-order valence-electron chi connectivity index (χ2n) is 9.84. The first kappa shape index (κ1) is 29.4. The Kier molecular flexibility index (Phi) is 8.20. The third kappa shape index (κ3) is 6.23. The molecule has 0 atom stereocenters. The molecule has 220 valence electrons. The number of benzene rings is 3. The Morgan fingerprint density at radius 1 is 0.884 bits per heavy atom. The summed E-state index contributed by atoms with van der Waals surface area (Å²) in [5.41, 5.74) is 3.74. The van der Waals surface area contributed by atoms with Gasteiger partial charge in [-0.3, -0.25) is 0 Å². The molecule has 3 aromatic carbocycles. The molecule has 0 aliphatic heterocycles. The molecule has 0 unspecified atom stereocenters. The number of alkyl halides is 3. The maximum absolute atomic E-state index is 13.8. The fourth-order valence-corrected chi connectivity index (χ4v) is 4.79. The summed E-state index contributed by atoms with van der Waals surface area (Å²) < 4.78 is 53.7. The van der Waals surface area contributed by atoms with E-state index in [2.05, 4.69) is 22.2 Å². The van der Waals surface area contributed by atoms with Crippen molar-refractivity contribution in [1.82, 2.24) is 14.8 Å². The van der Waals surface area contributed by atoms with E-state index in [4.69, 9.17) is 9.47 Å². The molecule has 2 heterocycles. The molecule has 1 N–H and O–H groups in total. The van der Waals surface area contributed by atoms with Gasteiger partial charge in [0.25, 0.3) is 0 Å². The summed E-state index contributed by atoms with van der Waals surface area (Å²) in [4.78, 5) is 15.8. The van der Waals surface area contributed by atoms with Gasteiger partial charge in [0.15, 0.2) is 11.5 Å². The first-order chi connectivity index (χ1) is 20.6. The zero-order chi connectivity index (χ0) is 30.7. The fourth-order valence-electron chi connectivity index (χ4n) is 4.79. The molecule has 0 saturated carbocycles. The van der Waals surface area contributed by atoms with Crippen LogP contribution in [0.2, 0.25) is 0 Å². The largest absolute Gasteiger partial charge is 0.494 e. The summed E-state index contributed by atoms with van der Waals surface area (Å²) in [6, 6.07) is 23.8. The molecule has 0 fully saturated rings. The van der Waals surface area contributed by atoms with Crippen molar-refractivity contribution < 1.29 is 32.5 Å². The van der Waals surface area contributed by atoms with Gasteiger partial charge in [0.05, 0.1) is 18.5 Å². The fraction of sp³-hybridized carbons (Fsp3) is 0.182. The highest BCUT2D eigenvalue weighted by molar-refractivity contribution is 5.89. The Morgan fingerprint density at radius 3 is 2.28 bits per heavy atom. The molecule has 0 bridgehead atoms. The van der Waals surface area contributed by atoms with Crippen LogP contribution >= 0.6 is 0 Å². The molecular weight excluding hydrogens is 559 g/mol. The number of halogens is 3. The zero-order valence-corrected chi connectivity index (χ0v) is 23.6. The van der Waals surface area contributed by atoms with Crippen molar-refractivity contribution in [3.05, 3.63) is 113 Å². The van der Waals surface area contributed by atoms with Gasteiger partial charge in [0.1, 0.15) is 23.7 Å². The lowest BCUT2D eigenvalue weighted by Crippen LogP contribution is -2.18. The summed E-state index contributed by atoms with van der Waals surface area (Å²) in [6.45, 7) is 6.84. The average Bonchev–Trinajstić information content (AvgIpc) is 3.45. The molecule has 43 heavy (non-hydrogen) atoms. The minimum Gasteiger partial charge on any atom is -0.494 e. The van der Waals surface area contributed by atoms with E-state index in [-0.39, 0.29) is 12.4 Å². The maximum Gasteiger partial charge on any atom is 0.434 e. The minimum atomic E-state index is -4.96. The van der Waals surface area contributed by atoms with E-state index in [0.717, 1.165) is 33.6 Å². The molecule has 0 radical (unpaired) electrons. The number of carboxylic acids is 1. The Balaban J connectivity index is 1.40. The van der Waals surface area contributed by atoms with Crippen LogP contribution in [0, 0.1) is 13.8 Å². The van der Waals surface area contributed by atoms with E-state index in [0.29, 0.717) is 34.5 Å². The first-order valence-electron chi connectivity index (χ1n) is 13.5. The number of rotatable bonds is 9. The molecule has 5 aromatic rings. The summed E-state index contributed by atoms with van der Waals surface area (Å²) in [7, 11) is 0. The third-order valence-electron chi connectivity index (χ3n) is 6.92. The van der Waals surface area contributed by atoms with Gasteiger partial charge in [0, 0.05) is 5.56 Å². The van der Waals surface area contributed by atoms with Gasteiger partial charge in [-0.15, -0.1) is 0 Å². The normalized spacial score (nSPS) is 11.4. The molecule has 0 aliphatic rings. The number of para-hydroxylation sites is 1. The Bertz CT molecular complexity index is 1800. The molecule has 0 aliphatic carbocycles. The standard InChI is InChI=1S/C33H28F3N3O4/c1-4-42-28-15-14-23(17-21(28)3)22-12-13-24(20(2)16-22)19-43-29-10-6-5-8-25(29)27-9-7-11-30(38-27)39-31(33(34,35)36)26(18-37-39)32(40)41/h5-18H,4,19H2,1-3H3,(H,40,41). The molecule has 2 aromatic heterocycles. The van der Waals surface area contributed by atoms with Gasteiger partial charge < -0.3 is 14.6 Å². The van der Waals surface area contributed by atoms with E-state index in [1.165, 1.54) is 12.1 Å². The van der Waals surface area contributed by atoms with Crippen LogP contribution in [0.3, 0.4) is 0 Å². The number of carbonyl (C=O) groups is 1. The molecule has 7 nitrogen and oxygen atoms in total. The second kappa shape index (κ2) is 12.0. The van der Waals surface area contributed by atoms with E-state index in [1.807, 2.05) is 45.0 Å². The number of pyridine rings is 1. The molecule has 5 rings (SSSR count). The number of carboxylic acid groups (broad SMARTS) is 1. The number of hydrogen-bond donors (Lipinski definition) is 1. The highest BCUT2D eigenvalue weighted by Crippen LogP contribution is 2.35.